The Hall–Kier alpha value is -1.40. The van der Waals surface area contributed by atoms with E-state index >= 15 is 0 Å². The maximum Gasteiger partial charge on any atom is 0.158 e. The van der Waals surface area contributed by atoms with Crippen LogP contribution in [0.4, 0.5) is 0 Å². The lowest BCUT2D eigenvalue weighted by Crippen LogP contribution is -2.08. The van der Waals surface area contributed by atoms with Crippen molar-refractivity contribution in [1.82, 2.24) is 24.3 Å². The van der Waals surface area contributed by atoms with Crippen LogP contribution in [0.3, 0.4) is 0 Å². The van der Waals surface area contributed by atoms with Crippen LogP contribution in [0, 0.1) is 6.92 Å². The minimum Gasteiger partial charge on any atom is -0.311 e. The second-order valence-corrected chi connectivity index (χ2v) is 6.35. The number of hydrogen-bond acceptors (Lipinski definition) is 4. The molecule has 0 amide bonds. The van der Waals surface area contributed by atoms with Crippen molar-refractivity contribution in [2.24, 2.45) is 7.05 Å². The van der Waals surface area contributed by atoms with Crippen LogP contribution in [0.1, 0.15) is 29.1 Å². The SMILES string of the molecule is CCc1nn(C)c2c1nc(CCl)n2CCc1csc(C)n1. The van der Waals surface area contributed by atoms with E-state index in [0.717, 1.165) is 52.8 Å². The smallest absolute Gasteiger partial charge is 0.158 e. The highest BCUT2D eigenvalue weighted by molar-refractivity contribution is 7.09. The number of halogens is 1. The molecule has 112 valence electrons. The van der Waals surface area contributed by atoms with Crippen molar-refractivity contribution >= 4 is 34.1 Å². The first kappa shape index (κ1) is 14.5. The van der Waals surface area contributed by atoms with Crippen molar-refractivity contribution in [2.75, 3.05) is 0 Å². The van der Waals surface area contributed by atoms with Gasteiger partial charge in [0.15, 0.2) is 5.65 Å². The molecule has 0 aromatic carbocycles. The number of hydrogen-bond donors (Lipinski definition) is 0. The van der Waals surface area contributed by atoms with Gasteiger partial charge in [-0.25, -0.2) is 9.97 Å². The van der Waals surface area contributed by atoms with E-state index in [2.05, 4.69) is 31.9 Å². The van der Waals surface area contributed by atoms with E-state index in [4.69, 9.17) is 11.6 Å². The second-order valence-electron chi connectivity index (χ2n) is 5.02. The van der Waals surface area contributed by atoms with Crippen LogP contribution in [-0.4, -0.2) is 24.3 Å². The maximum atomic E-state index is 6.07. The summed E-state index contributed by atoms with van der Waals surface area (Å²) >= 11 is 7.75. The minimum absolute atomic E-state index is 0.411. The van der Waals surface area contributed by atoms with Gasteiger partial charge < -0.3 is 4.57 Å². The molecule has 5 nitrogen and oxygen atoms in total. The van der Waals surface area contributed by atoms with Gasteiger partial charge >= 0.3 is 0 Å². The molecule has 0 aliphatic rings. The molecule has 0 unspecified atom stereocenters. The van der Waals surface area contributed by atoms with E-state index in [-0.39, 0.29) is 0 Å². The van der Waals surface area contributed by atoms with Gasteiger partial charge in [0.25, 0.3) is 0 Å². The fraction of sp³-hybridized carbons (Fsp3) is 0.500. The fourth-order valence-electron chi connectivity index (χ4n) is 2.61. The molecule has 3 rings (SSSR count). The van der Waals surface area contributed by atoms with Crippen molar-refractivity contribution in [1.29, 1.82) is 0 Å². The predicted molar refractivity (Wildman–Crippen MR) is 86.0 cm³/mol. The number of rotatable bonds is 5. The van der Waals surface area contributed by atoms with Gasteiger partial charge in [-0.15, -0.1) is 22.9 Å². The van der Waals surface area contributed by atoms with Crippen LogP contribution in [0.2, 0.25) is 0 Å². The van der Waals surface area contributed by atoms with Gasteiger partial charge in [0.2, 0.25) is 0 Å². The number of aryl methyl sites for hydroxylation is 5. The number of fused-ring (bicyclic) bond motifs is 1. The van der Waals surface area contributed by atoms with Crippen LogP contribution < -0.4 is 0 Å². The molecule has 0 saturated heterocycles. The van der Waals surface area contributed by atoms with Crippen molar-refractivity contribution in [2.45, 2.75) is 39.1 Å². The molecule has 0 fully saturated rings. The third-order valence-electron chi connectivity index (χ3n) is 3.58. The topological polar surface area (TPSA) is 48.5 Å². The Kier molecular flexibility index (Phi) is 3.99. The summed E-state index contributed by atoms with van der Waals surface area (Å²) in [5, 5.41) is 7.76. The van der Waals surface area contributed by atoms with Crippen LogP contribution in [0.5, 0.6) is 0 Å². The summed E-state index contributed by atoms with van der Waals surface area (Å²) in [4.78, 5) is 9.19. The predicted octanol–water partition coefficient (Wildman–Crippen LogP) is 3.08. The maximum absolute atomic E-state index is 6.07. The van der Waals surface area contributed by atoms with Crippen molar-refractivity contribution in [3.05, 3.63) is 27.6 Å². The van der Waals surface area contributed by atoms with E-state index in [1.54, 1.807) is 11.3 Å². The molecule has 0 saturated carbocycles. The highest BCUT2D eigenvalue weighted by Gasteiger charge is 2.18. The molecule has 3 aromatic rings. The molecule has 0 aliphatic heterocycles. The van der Waals surface area contributed by atoms with Gasteiger partial charge in [0.1, 0.15) is 11.3 Å². The Morgan fingerprint density at radius 1 is 1.33 bits per heavy atom. The van der Waals surface area contributed by atoms with E-state index in [9.17, 15) is 0 Å². The zero-order chi connectivity index (χ0) is 15.0. The monoisotopic (exact) mass is 323 g/mol. The third kappa shape index (κ3) is 2.58. The number of thiazole rings is 1. The molecule has 0 N–H and O–H groups in total. The van der Waals surface area contributed by atoms with E-state index in [0.29, 0.717) is 5.88 Å². The molecular formula is C14H18ClN5S. The van der Waals surface area contributed by atoms with Gasteiger partial charge in [0.05, 0.1) is 22.3 Å². The Morgan fingerprint density at radius 3 is 2.76 bits per heavy atom. The molecule has 0 bridgehead atoms. The summed E-state index contributed by atoms with van der Waals surface area (Å²) in [5.74, 6) is 1.31. The molecule has 3 aromatic heterocycles. The first-order valence-corrected chi connectivity index (χ1v) is 8.43. The lowest BCUT2D eigenvalue weighted by atomic mass is 10.3. The average Bonchev–Trinajstić information content (AvgIpc) is 3.12. The number of nitrogens with zero attached hydrogens (tertiary/aromatic N) is 5. The van der Waals surface area contributed by atoms with Crippen LogP contribution in [0.15, 0.2) is 5.38 Å². The lowest BCUT2D eigenvalue weighted by molar-refractivity contribution is 0.644. The Balaban J connectivity index is 1.97. The average molecular weight is 324 g/mol. The van der Waals surface area contributed by atoms with Crippen LogP contribution in [-0.2, 0) is 32.3 Å². The molecule has 0 spiro atoms. The Labute approximate surface area is 132 Å². The molecule has 0 radical (unpaired) electrons. The van der Waals surface area contributed by atoms with Crippen molar-refractivity contribution in [3.8, 4) is 0 Å². The van der Waals surface area contributed by atoms with E-state index < -0.39 is 0 Å². The van der Waals surface area contributed by atoms with Gasteiger partial charge in [-0.05, 0) is 13.3 Å². The van der Waals surface area contributed by atoms with Gasteiger partial charge in [0, 0.05) is 25.4 Å². The van der Waals surface area contributed by atoms with E-state index in [1.807, 2.05) is 18.7 Å². The van der Waals surface area contributed by atoms with Crippen LogP contribution >= 0.6 is 22.9 Å². The molecule has 0 aliphatic carbocycles. The molecule has 7 heteroatoms. The normalized spacial score (nSPS) is 11.6. The lowest BCUT2D eigenvalue weighted by Gasteiger charge is -2.07. The van der Waals surface area contributed by atoms with Gasteiger partial charge in [-0.2, -0.15) is 5.10 Å². The summed E-state index contributed by atoms with van der Waals surface area (Å²) in [5.41, 5.74) is 4.18. The third-order valence-corrected chi connectivity index (χ3v) is 4.64. The molecule has 21 heavy (non-hydrogen) atoms. The van der Waals surface area contributed by atoms with Gasteiger partial charge in [-0.1, -0.05) is 6.92 Å². The Bertz CT molecular complexity index is 770. The highest BCUT2D eigenvalue weighted by Crippen LogP contribution is 2.22. The molecule has 0 atom stereocenters. The first-order valence-electron chi connectivity index (χ1n) is 7.02. The summed E-state index contributed by atoms with van der Waals surface area (Å²) in [6, 6.07) is 0. The quantitative estimate of drug-likeness (QED) is 0.678. The summed E-state index contributed by atoms with van der Waals surface area (Å²) in [7, 11) is 1.96. The number of alkyl halides is 1. The second kappa shape index (κ2) is 5.77. The summed E-state index contributed by atoms with van der Waals surface area (Å²) in [6.07, 6.45) is 1.76. The van der Waals surface area contributed by atoms with Gasteiger partial charge in [-0.3, -0.25) is 4.68 Å². The van der Waals surface area contributed by atoms with Crippen LogP contribution in [0.25, 0.3) is 11.2 Å². The van der Waals surface area contributed by atoms with Crippen molar-refractivity contribution in [3.63, 3.8) is 0 Å². The number of imidazole rings is 1. The minimum atomic E-state index is 0.411. The largest absolute Gasteiger partial charge is 0.311 e. The van der Waals surface area contributed by atoms with Crippen molar-refractivity contribution < 1.29 is 0 Å². The molecule has 3 heterocycles. The standard InChI is InChI=1S/C14H18ClN5S/c1-4-11-13-14(19(3)18-11)20(12(7-15)17-13)6-5-10-8-21-9(2)16-10/h8H,4-7H2,1-3H3. The zero-order valence-corrected chi connectivity index (χ0v) is 14.0. The summed E-state index contributed by atoms with van der Waals surface area (Å²) in [6.45, 7) is 4.95. The fourth-order valence-corrected chi connectivity index (χ4v) is 3.46. The first-order chi connectivity index (χ1) is 10.1. The Morgan fingerprint density at radius 2 is 2.14 bits per heavy atom. The van der Waals surface area contributed by atoms with E-state index in [1.165, 1.54) is 0 Å². The summed E-state index contributed by atoms with van der Waals surface area (Å²) < 4.78 is 4.08. The zero-order valence-electron chi connectivity index (χ0n) is 12.4. The number of aromatic nitrogens is 5. The highest BCUT2D eigenvalue weighted by atomic mass is 35.5. The molecular weight excluding hydrogens is 306 g/mol.